The van der Waals surface area contributed by atoms with E-state index < -0.39 is 16.0 Å². The van der Waals surface area contributed by atoms with E-state index in [2.05, 4.69) is 4.72 Å². The molecule has 8 heteroatoms. The minimum atomic E-state index is -3.56. The summed E-state index contributed by atoms with van der Waals surface area (Å²) in [6, 6.07) is 1.17. The molecule has 0 aliphatic carbocycles. The van der Waals surface area contributed by atoms with Crippen molar-refractivity contribution in [3.05, 3.63) is 17.0 Å². The quantitative estimate of drug-likeness (QED) is 0.744. The predicted octanol–water partition coefficient (Wildman–Crippen LogP) is 1.48. The van der Waals surface area contributed by atoms with Crippen LogP contribution in [-0.4, -0.2) is 38.0 Å². The van der Waals surface area contributed by atoms with Gasteiger partial charge in [0.25, 0.3) is 0 Å². The van der Waals surface area contributed by atoms with Gasteiger partial charge in [0.05, 0.1) is 5.56 Å². The van der Waals surface area contributed by atoms with Crippen LogP contribution >= 0.6 is 23.1 Å². The van der Waals surface area contributed by atoms with Crippen molar-refractivity contribution in [2.75, 3.05) is 18.6 Å². The molecule has 1 rings (SSSR count). The van der Waals surface area contributed by atoms with Crippen LogP contribution in [0.1, 0.15) is 16.8 Å². The second-order valence-corrected chi connectivity index (χ2v) is 7.09. The average Bonchev–Trinajstić information content (AvgIpc) is 2.74. The minimum absolute atomic E-state index is 0.000473. The lowest BCUT2D eigenvalue weighted by molar-refractivity contribution is 0.0697. The third-order valence-corrected chi connectivity index (χ3v) is 5.50. The van der Waals surface area contributed by atoms with E-state index in [0.717, 1.165) is 23.5 Å². The van der Waals surface area contributed by atoms with Gasteiger partial charge in [-0.25, -0.2) is 17.9 Å². The summed E-state index contributed by atoms with van der Waals surface area (Å²) in [7, 11) is -3.56. The molecule has 0 saturated heterocycles. The number of rotatable bonds is 7. The van der Waals surface area contributed by atoms with Gasteiger partial charge in [0.2, 0.25) is 10.0 Å². The summed E-state index contributed by atoms with van der Waals surface area (Å²) in [5, 5.41) is 10.0. The van der Waals surface area contributed by atoms with Gasteiger partial charge in [-0.3, -0.25) is 0 Å². The number of thioether (sulfide) groups is 1. The highest BCUT2D eigenvalue weighted by atomic mass is 32.2. The summed E-state index contributed by atoms with van der Waals surface area (Å²) in [5.41, 5.74) is -0.000473. The van der Waals surface area contributed by atoms with Crippen LogP contribution in [0.4, 0.5) is 0 Å². The monoisotopic (exact) mass is 295 g/mol. The molecule has 0 aromatic carbocycles. The lowest BCUT2D eigenvalue weighted by atomic mass is 10.4. The van der Waals surface area contributed by atoms with E-state index in [1.54, 1.807) is 11.8 Å². The van der Waals surface area contributed by atoms with Gasteiger partial charge >= 0.3 is 5.97 Å². The molecule has 0 amide bonds. The molecule has 5 nitrogen and oxygen atoms in total. The third kappa shape index (κ3) is 4.30. The number of sulfonamides is 1. The Bertz CT molecular complexity index is 480. The smallest absolute Gasteiger partial charge is 0.336 e. The zero-order valence-corrected chi connectivity index (χ0v) is 11.6. The van der Waals surface area contributed by atoms with Crippen LogP contribution in [0.2, 0.25) is 0 Å². The Morgan fingerprint density at radius 3 is 2.82 bits per heavy atom. The highest BCUT2D eigenvalue weighted by molar-refractivity contribution is 7.98. The molecule has 0 unspecified atom stereocenters. The molecule has 0 radical (unpaired) electrons. The van der Waals surface area contributed by atoms with E-state index >= 15 is 0 Å². The largest absolute Gasteiger partial charge is 0.478 e. The summed E-state index contributed by atoms with van der Waals surface area (Å²) in [4.78, 5) is 10.6. The zero-order chi connectivity index (χ0) is 12.9. The Morgan fingerprint density at radius 1 is 1.59 bits per heavy atom. The van der Waals surface area contributed by atoms with Crippen LogP contribution in [0.15, 0.2) is 15.7 Å². The van der Waals surface area contributed by atoms with Gasteiger partial charge < -0.3 is 5.11 Å². The van der Waals surface area contributed by atoms with E-state index in [0.29, 0.717) is 6.54 Å². The van der Waals surface area contributed by atoms with Crippen molar-refractivity contribution in [2.45, 2.75) is 10.6 Å². The van der Waals surface area contributed by atoms with Crippen molar-refractivity contribution >= 4 is 39.1 Å². The molecule has 0 saturated carbocycles. The first-order chi connectivity index (χ1) is 7.97. The lowest BCUT2D eigenvalue weighted by Crippen LogP contribution is -2.24. The van der Waals surface area contributed by atoms with Crippen LogP contribution in [0.3, 0.4) is 0 Å². The Labute approximate surface area is 108 Å². The number of aromatic carboxylic acids is 1. The summed E-state index contributed by atoms with van der Waals surface area (Å²) in [6.07, 6.45) is 2.70. The molecular formula is C9H13NO4S3. The summed E-state index contributed by atoms with van der Waals surface area (Å²) in [6.45, 7) is 0.365. The lowest BCUT2D eigenvalue weighted by Gasteiger charge is -2.03. The van der Waals surface area contributed by atoms with Gasteiger partial charge in [0, 0.05) is 11.9 Å². The molecule has 0 fully saturated rings. The van der Waals surface area contributed by atoms with E-state index in [1.165, 1.54) is 11.4 Å². The van der Waals surface area contributed by atoms with Gasteiger partial charge in [-0.2, -0.15) is 11.8 Å². The van der Waals surface area contributed by atoms with Crippen LogP contribution in [0.5, 0.6) is 0 Å². The molecule has 1 heterocycles. The fourth-order valence-corrected chi connectivity index (χ4v) is 3.77. The maximum atomic E-state index is 11.7. The first kappa shape index (κ1) is 14.5. The van der Waals surface area contributed by atoms with Crippen molar-refractivity contribution in [1.82, 2.24) is 4.72 Å². The topological polar surface area (TPSA) is 83.5 Å². The Hall–Kier alpha value is -0.570. The second-order valence-electron chi connectivity index (χ2n) is 3.20. The van der Waals surface area contributed by atoms with Crippen molar-refractivity contribution in [3.8, 4) is 0 Å². The highest BCUT2D eigenvalue weighted by Gasteiger charge is 2.18. The third-order valence-electron chi connectivity index (χ3n) is 1.90. The van der Waals surface area contributed by atoms with Gasteiger partial charge in [0.15, 0.2) is 0 Å². The molecule has 0 aliphatic rings. The number of carbonyl (C=O) groups is 1. The average molecular weight is 295 g/mol. The maximum Gasteiger partial charge on any atom is 0.336 e. The normalized spacial score (nSPS) is 11.6. The molecule has 0 bridgehead atoms. The van der Waals surface area contributed by atoms with Gasteiger partial charge in [-0.05, 0) is 24.5 Å². The van der Waals surface area contributed by atoms with Crippen molar-refractivity contribution in [1.29, 1.82) is 0 Å². The predicted molar refractivity (Wildman–Crippen MR) is 69.5 cm³/mol. The van der Waals surface area contributed by atoms with E-state index in [-0.39, 0.29) is 9.77 Å². The molecule has 1 aromatic rings. The molecule has 17 heavy (non-hydrogen) atoms. The number of thiophene rings is 1. The summed E-state index contributed by atoms with van der Waals surface area (Å²) < 4.78 is 25.9. The van der Waals surface area contributed by atoms with Crippen LogP contribution in [0, 0.1) is 0 Å². The Morgan fingerprint density at radius 2 is 2.29 bits per heavy atom. The van der Waals surface area contributed by atoms with Gasteiger partial charge in [-0.1, -0.05) is 0 Å². The fourth-order valence-electron chi connectivity index (χ4n) is 1.06. The summed E-state index contributed by atoms with van der Waals surface area (Å²) in [5.74, 6) is -0.238. The zero-order valence-electron chi connectivity index (χ0n) is 9.17. The summed E-state index contributed by atoms with van der Waals surface area (Å²) >= 11 is 2.56. The molecular weight excluding hydrogens is 282 g/mol. The number of hydrogen-bond donors (Lipinski definition) is 2. The van der Waals surface area contributed by atoms with E-state index in [9.17, 15) is 13.2 Å². The fraction of sp³-hybridized carbons (Fsp3) is 0.444. The molecule has 1 aromatic heterocycles. The highest BCUT2D eigenvalue weighted by Crippen LogP contribution is 2.19. The number of hydrogen-bond acceptors (Lipinski definition) is 5. The van der Waals surface area contributed by atoms with Crippen LogP contribution in [-0.2, 0) is 10.0 Å². The number of carboxylic acid groups (broad SMARTS) is 1. The van der Waals surface area contributed by atoms with E-state index in [4.69, 9.17) is 5.11 Å². The molecule has 0 aliphatic heterocycles. The Balaban J connectivity index is 2.66. The minimum Gasteiger partial charge on any atom is -0.478 e. The van der Waals surface area contributed by atoms with E-state index in [1.807, 2.05) is 6.26 Å². The SMILES string of the molecule is CSCCCNS(=O)(=O)c1cc(C(=O)O)cs1. The maximum absolute atomic E-state index is 11.7. The van der Waals surface area contributed by atoms with Gasteiger partial charge in [-0.15, -0.1) is 11.3 Å². The first-order valence-corrected chi connectivity index (χ1v) is 8.53. The van der Waals surface area contributed by atoms with Crippen LogP contribution < -0.4 is 4.72 Å². The van der Waals surface area contributed by atoms with Crippen LogP contribution in [0.25, 0.3) is 0 Å². The van der Waals surface area contributed by atoms with Gasteiger partial charge in [0.1, 0.15) is 4.21 Å². The molecule has 96 valence electrons. The first-order valence-electron chi connectivity index (χ1n) is 4.78. The standard InChI is InChI=1S/C9H13NO4S3/c1-15-4-2-3-10-17(13,14)8-5-7(6-16-8)9(11)12/h5-6,10H,2-4H2,1H3,(H,11,12). The van der Waals surface area contributed by atoms with Crippen molar-refractivity contribution in [2.24, 2.45) is 0 Å². The van der Waals surface area contributed by atoms with Crippen molar-refractivity contribution < 1.29 is 18.3 Å². The second kappa shape index (κ2) is 6.39. The Kier molecular flexibility index (Phi) is 5.44. The molecule has 0 spiro atoms. The van der Waals surface area contributed by atoms with Crippen molar-refractivity contribution in [3.63, 3.8) is 0 Å². The molecule has 2 N–H and O–H groups in total. The number of nitrogens with one attached hydrogen (secondary N) is 1. The molecule has 0 atom stereocenters. The number of carboxylic acids is 1.